The normalized spacial score (nSPS) is 13.6. The van der Waals surface area contributed by atoms with Crippen LogP contribution < -0.4 is 10.9 Å². The van der Waals surface area contributed by atoms with Crippen molar-refractivity contribution in [3.63, 3.8) is 0 Å². The van der Waals surface area contributed by atoms with E-state index in [1.807, 2.05) is 24.3 Å². The monoisotopic (exact) mass is 387 g/mol. The largest absolute Gasteiger partial charge is 0.325 e. The maximum Gasteiger partial charge on any atom is 0.264 e. The van der Waals surface area contributed by atoms with Crippen LogP contribution in [0.3, 0.4) is 0 Å². The molecule has 0 saturated carbocycles. The van der Waals surface area contributed by atoms with Gasteiger partial charge in [0.05, 0.1) is 5.39 Å². The Hall–Kier alpha value is -2.92. The summed E-state index contributed by atoms with van der Waals surface area (Å²) in [5.74, 6) is 0.576. The molecule has 2 heterocycles. The van der Waals surface area contributed by atoms with Crippen LogP contribution in [-0.4, -0.2) is 9.55 Å². The zero-order valence-corrected chi connectivity index (χ0v) is 16.4. The number of thiophene rings is 1. The van der Waals surface area contributed by atoms with E-state index < -0.39 is 0 Å². The summed E-state index contributed by atoms with van der Waals surface area (Å²) < 4.78 is 1.71. The molecule has 0 aliphatic heterocycles. The molecule has 140 valence electrons. The lowest BCUT2D eigenvalue weighted by atomic mass is 9.97. The Labute approximate surface area is 167 Å². The molecule has 5 rings (SSSR count). The molecule has 1 aliphatic carbocycles. The molecule has 0 saturated heterocycles. The number of benzene rings is 2. The summed E-state index contributed by atoms with van der Waals surface area (Å²) in [6, 6.07) is 14.3. The molecule has 2 aromatic carbocycles. The van der Waals surface area contributed by atoms with E-state index in [4.69, 9.17) is 4.98 Å². The van der Waals surface area contributed by atoms with Crippen molar-refractivity contribution >= 4 is 44.0 Å². The fourth-order valence-electron chi connectivity index (χ4n) is 4.09. The van der Waals surface area contributed by atoms with E-state index in [-0.39, 0.29) is 5.56 Å². The average molecular weight is 388 g/mol. The molecule has 5 heteroatoms. The molecule has 2 aromatic heterocycles. The number of anilines is 2. The molecule has 1 N–H and O–H groups in total. The van der Waals surface area contributed by atoms with Gasteiger partial charge in [-0.15, -0.1) is 17.9 Å². The Kier molecular flexibility index (Phi) is 4.24. The summed E-state index contributed by atoms with van der Waals surface area (Å²) in [5, 5.41) is 6.49. The van der Waals surface area contributed by atoms with Crippen LogP contribution in [0.5, 0.6) is 0 Å². The second-order valence-corrected chi connectivity index (χ2v) is 8.27. The molecule has 0 fully saturated rings. The predicted molar refractivity (Wildman–Crippen MR) is 118 cm³/mol. The quantitative estimate of drug-likeness (QED) is 0.476. The van der Waals surface area contributed by atoms with Crippen LogP contribution in [0.15, 0.2) is 59.9 Å². The Morgan fingerprint density at radius 3 is 2.86 bits per heavy atom. The maximum atomic E-state index is 13.4. The summed E-state index contributed by atoms with van der Waals surface area (Å²) in [6.45, 7) is 4.27. The van der Waals surface area contributed by atoms with E-state index in [0.29, 0.717) is 12.5 Å². The van der Waals surface area contributed by atoms with Crippen LogP contribution in [0.2, 0.25) is 0 Å². The van der Waals surface area contributed by atoms with E-state index in [1.165, 1.54) is 16.9 Å². The summed E-state index contributed by atoms with van der Waals surface area (Å²) in [4.78, 5) is 20.4. The third kappa shape index (κ3) is 2.74. The molecule has 0 atom stereocenters. The Morgan fingerprint density at radius 2 is 1.96 bits per heavy atom. The minimum Gasteiger partial charge on any atom is -0.325 e. The first kappa shape index (κ1) is 17.2. The van der Waals surface area contributed by atoms with Crippen LogP contribution in [-0.2, 0) is 19.4 Å². The van der Waals surface area contributed by atoms with Gasteiger partial charge in [0, 0.05) is 22.5 Å². The van der Waals surface area contributed by atoms with E-state index in [0.717, 1.165) is 45.9 Å². The lowest BCUT2D eigenvalue weighted by molar-refractivity contribution is 0.698. The van der Waals surface area contributed by atoms with Crippen molar-refractivity contribution in [2.24, 2.45) is 0 Å². The third-order valence-corrected chi connectivity index (χ3v) is 6.61. The molecule has 0 unspecified atom stereocenters. The van der Waals surface area contributed by atoms with Gasteiger partial charge in [0.2, 0.25) is 5.95 Å². The van der Waals surface area contributed by atoms with Gasteiger partial charge in [-0.1, -0.05) is 42.5 Å². The average Bonchev–Trinajstić information content (AvgIpc) is 3.09. The number of nitrogens with one attached hydrogen (secondary N) is 1. The van der Waals surface area contributed by atoms with E-state index in [2.05, 4.69) is 30.1 Å². The number of nitrogens with zero attached hydrogens (tertiary/aromatic N) is 2. The smallest absolute Gasteiger partial charge is 0.264 e. The van der Waals surface area contributed by atoms with Crippen LogP contribution in [0.25, 0.3) is 21.0 Å². The van der Waals surface area contributed by atoms with Gasteiger partial charge in [0.25, 0.3) is 5.56 Å². The Morgan fingerprint density at radius 1 is 1.14 bits per heavy atom. The van der Waals surface area contributed by atoms with Gasteiger partial charge >= 0.3 is 0 Å². The molecule has 0 radical (unpaired) electrons. The molecule has 4 aromatic rings. The van der Waals surface area contributed by atoms with Crippen LogP contribution in [0, 0.1) is 0 Å². The first-order chi connectivity index (χ1) is 13.8. The van der Waals surface area contributed by atoms with Crippen LogP contribution in [0.1, 0.15) is 23.3 Å². The van der Waals surface area contributed by atoms with Crippen molar-refractivity contribution in [1.29, 1.82) is 0 Å². The SMILES string of the molecule is C=CCn1c(Nc2cccc3ccccc23)nc2sc3c(c2c1=O)CCCC3. The first-order valence-corrected chi connectivity index (χ1v) is 10.5. The molecule has 1 aliphatic rings. The van der Waals surface area contributed by atoms with E-state index in [9.17, 15) is 4.79 Å². The Bertz CT molecular complexity index is 1260. The standard InChI is InChI=1S/C23H21N3OS/c1-2-14-26-22(27)20-17-11-5-6-13-19(17)28-21(20)25-23(26)24-18-12-7-9-15-8-3-4-10-16(15)18/h2-4,7-10,12H,1,5-6,11,13-14H2,(H,24,25). The highest BCUT2D eigenvalue weighted by molar-refractivity contribution is 7.18. The van der Waals surface area contributed by atoms with Crippen LogP contribution >= 0.6 is 11.3 Å². The maximum absolute atomic E-state index is 13.4. The second kappa shape index (κ2) is 6.91. The third-order valence-electron chi connectivity index (χ3n) is 5.42. The van der Waals surface area contributed by atoms with Crippen molar-refractivity contribution in [1.82, 2.24) is 9.55 Å². The molecule has 0 spiro atoms. The van der Waals surface area contributed by atoms with Crippen molar-refractivity contribution in [3.05, 3.63) is 75.9 Å². The molecule has 0 amide bonds. The van der Waals surface area contributed by atoms with Crippen molar-refractivity contribution in [3.8, 4) is 0 Å². The van der Waals surface area contributed by atoms with Crippen molar-refractivity contribution in [2.75, 3.05) is 5.32 Å². The summed E-state index contributed by atoms with van der Waals surface area (Å²) in [5.41, 5.74) is 2.20. The minimum absolute atomic E-state index is 0.0343. The fourth-order valence-corrected chi connectivity index (χ4v) is 5.34. The lowest BCUT2D eigenvalue weighted by Gasteiger charge is -2.15. The second-order valence-electron chi connectivity index (χ2n) is 7.18. The topological polar surface area (TPSA) is 46.9 Å². The number of aryl methyl sites for hydroxylation is 2. The highest BCUT2D eigenvalue weighted by atomic mass is 32.1. The molecule has 28 heavy (non-hydrogen) atoms. The number of aromatic nitrogens is 2. The Balaban J connectivity index is 1.71. The minimum atomic E-state index is 0.0343. The molecular formula is C23H21N3OS. The molecule has 4 nitrogen and oxygen atoms in total. The number of hydrogen-bond donors (Lipinski definition) is 1. The van der Waals surface area contributed by atoms with Gasteiger partial charge < -0.3 is 5.32 Å². The zero-order valence-electron chi connectivity index (χ0n) is 15.6. The van der Waals surface area contributed by atoms with Crippen molar-refractivity contribution < 1.29 is 0 Å². The van der Waals surface area contributed by atoms with Gasteiger partial charge in [-0.25, -0.2) is 4.98 Å². The summed E-state index contributed by atoms with van der Waals surface area (Å²) >= 11 is 1.68. The van der Waals surface area contributed by atoms with Crippen LogP contribution in [0.4, 0.5) is 11.6 Å². The first-order valence-electron chi connectivity index (χ1n) is 9.67. The number of rotatable bonds is 4. The fraction of sp³-hybridized carbons (Fsp3) is 0.217. The van der Waals surface area contributed by atoms with Crippen molar-refractivity contribution in [2.45, 2.75) is 32.2 Å². The van der Waals surface area contributed by atoms with E-state index in [1.54, 1.807) is 22.0 Å². The van der Waals surface area contributed by atoms with Gasteiger partial charge in [-0.05, 0) is 42.7 Å². The van der Waals surface area contributed by atoms with Gasteiger partial charge in [-0.3, -0.25) is 9.36 Å². The molecular weight excluding hydrogens is 366 g/mol. The summed E-state index contributed by atoms with van der Waals surface area (Å²) in [7, 11) is 0. The zero-order chi connectivity index (χ0) is 19.1. The predicted octanol–water partition coefficient (Wildman–Crippen LogP) is 5.42. The van der Waals surface area contributed by atoms with Gasteiger partial charge in [0.15, 0.2) is 0 Å². The lowest BCUT2D eigenvalue weighted by Crippen LogP contribution is -2.24. The number of fused-ring (bicyclic) bond motifs is 4. The molecule has 0 bridgehead atoms. The number of allylic oxidation sites excluding steroid dienone is 1. The number of hydrogen-bond acceptors (Lipinski definition) is 4. The van der Waals surface area contributed by atoms with Gasteiger partial charge in [0.1, 0.15) is 4.83 Å². The van der Waals surface area contributed by atoms with Gasteiger partial charge in [-0.2, -0.15) is 0 Å². The van der Waals surface area contributed by atoms with E-state index >= 15 is 0 Å². The highest BCUT2D eigenvalue weighted by Gasteiger charge is 2.22. The summed E-state index contributed by atoms with van der Waals surface area (Å²) in [6.07, 6.45) is 6.14. The highest BCUT2D eigenvalue weighted by Crippen LogP contribution is 2.35.